The zero-order valence-corrected chi connectivity index (χ0v) is 63.7. The van der Waals surface area contributed by atoms with Crippen molar-refractivity contribution in [1.29, 1.82) is 21.0 Å². The number of carbonyl (C=O) groups is 3. The van der Waals surface area contributed by atoms with Gasteiger partial charge in [0.2, 0.25) is 6.08 Å². The molecule has 7 aliphatic rings. The van der Waals surface area contributed by atoms with Gasteiger partial charge in [-0.25, -0.2) is 18.4 Å². The van der Waals surface area contributed by atoms with Crippen molar-refractivity contribution in [2.24, 2.45) is 10.7 Å². The summed E-state index contributed by atoms with van der Waals surface area (Å²) >= 11 is 24.0. The fourth-order valence-electron chi connectivity index (χ4n) is 12.5. The first kappa shape index (κ1) is 85.5. The highest BCUT2D eigenvalue weighted by Gasteiger charge is 2.29. The van der Waals surface area contributed by atoms with E-state index in [1.54, 1.807) is 36.4 Å². The van der Waals surface area contributed by atoms with Crippen molar-refractivity contribution in [1.82, 2.24) is 24.9 Å². The number of nitrogens with two attached hydrogens (primary N) is 1. The van der Waals surface area contributed by atoms with E-state index in [-0.39, 0.29) is 39.0 Å². The fourth-order valence-corrected chi connectivity index (χ4v) is 13.2. The summed E-state index contributed by atoms with van der Waals surface area (Å²) in [4.78, 5) is 56.8. The molecule has 2 amide bonds. The van der Waals surface area contributed by atoms with Gasteiger partial charge in [0, 0.05) is 68.3 Å². The average Bonchev–Trinajstić information content (AvgIpc) is 1.73. The molecule has 2 unspecified atom stereocenters. The summed E-state index contributed by atoms with van der Waals surface area (Å²) in [6.45, 7) is 14.8. The highest BCUT2D eigenvalue weighted by Crippen LogP contribution is 2.33. The number of likely N-dealkylation sites (tertiary alicyclic amines) is 3. The average molecular weight is 1570 g/mol. The largest absolute Gasteiger partial charge is 0.329 e. The molecule has 0 aromatic heterocycles. The Morgan fingerprint density at radius 2 is 1.07 bits per heavy atom. The molecule has 550 valence electrons. The van der Waals surface area contributed by atoms with E-state index in [9.17, 15) is 33.2 Å². The monoisotopic (exact) mass is 1560 g/mol. The van der Waals surface area contributed by atoms with E-state index in [1.807, 2.05) is 84.6 Å². The van der Waals surface area contributed by atoms with Gasteiger partial charge < -0.3 is 36.0 Å². The van der Waals surface area contributed by atoms with E-state index in [4.69, 9.17) is 67.9 Å². The molecule has 2 atom stereocenters. The quantitative estimate of drug-likeness (QED) is 0.0493. The summed E-state index contributed by atoms with van der Waals surface area (Å²) in [5.74, 6) is -0.574. The van der Waals surface area contributed by atoms with Crippen molar-refractivity contribution in [2.75, 3.05) is 89.2 Å². The predicted molar refractivity (Wildman–Crippen MR) is 422 cm³/mol. The van der Waals surface area contributed by atoms with E-state index in [2.05, 4.69) is 82.7 Å². The van der Waals surface area contributed by atoms with Crippen molar-refractivity contribution >= 4 is 114 Å². The molecule has 6 aromatic carbocycles. The lowest BCUT2D eigenvalue weighted by Gasteiger charge is -2.30. The number of ketones is 2. The molecule has 3 aliphatic heterocycles. The maximum absolute atomic E-state index is 13.5. The normalized spacial score (nSPS) is 16.9. The SMILES string of the molecule is CC1=CC(=O)CC1.ClCCl.N#Cc1cccc(Br)c1.N#Cc1cccc(C2=CC(=O)CC2)c1.N#Cc1cccc(C2=CC(N(CCN3CCCC3)C(=O)Nc3ccc(F)c(Cl)c3)CC2)c1.N#Cc1cccc(C2=CC(NCCN3CCCC3)CC2)c1.NCCN1CCCC1.O=C=Nc1ccc(F)c(Cl)c1. The Morgan fingerprint density at radius 3 is 1.52 bits per heavy atom. The second-order valence-corrected chi connectivity index (χ2v) is 28.0. The number of anilines is 1. The molecule has 3 heterocycles. The van der Waals surface area contributed by atoms with E-state index in [1.165, 1.54) is 131 Å². The highest BCUT2D eigenvalue weighted by atomic mass is 79.9. The number of nitriles is 4. The second-order valence-electron chi connectivity index (χ2n) is 25.5. The van der Waals surface area contributed by atoms with Crippen LogP contribution in [0, 0.1) is 57.0 Å². The zero-order chi connectivity index (χ0) is 75.7. The van der Waals surface area contributed by atoms with E-state index in [0.717, 1.165) is 116 Å². The number of nitrogens with zero attached hydrogens (tertiary/aromatic N) is 9. The molecule has 3 saturated heterocycles. The smallest absolute Gasteiger partial charge is 0.322 e. The maximum Gasteiger partial charge on any atom is 0.322 e. The molecule has 105 heavy (non-hydrogen) atoms. The molecule has 6 aromatic rings. The Bertz CT molecular complexity index is 4200. The fraction of sp³-hybridized carbons (Fsp3) is 0.366. The number of isocyanates is 1. The van der Waals surface area contributed by atoms with Crippen LogP contribution in [0.15, 0.2) is 173 Å². The Kier molecular flexibility index (Phi) is 39.0. The highest BCUT2D eigenvalue weighted by molar-refractivity contribution is 9.10. The first-order valence-corrected chi connectivity index (χ1v) is 37.8. The third-order valence-electron chi connectivity index (χ3n) is 17.9. The minimum Gasteiger partial charge on any atom is -0.329 e. The molecule has 4 N–H and O–H groups in total. The summed E-state index contributed by atoms with van der Waals surface area (Å²) in [6, 6.07) is 46.8. The van der Waals surface area contributed by atoms with Crippen molar-refractivity contribution in [3.8, 4) is 24.3 Å². The van der Waals surface area contributed by atoms with Gasteiger partial charge in [0.1, 0.15) is 11.6 Å². The lowest BCUT2D eigenvalue weighted by atomic mass is 10.0. The van der Waals surface area contributed by atoms with Gasteiger partial charge in [-0.05, 0) is 260 Å². The molecule has 23 heteroatoms. The van der Waals surface area contributed by atoms with Crippen molar-refractivity contribution < 1.29 is 28.0 Å². The van der Waals surface area contributed by atoms with E-state index < -0.39 is 11.6 Å². The van der Waals surface area contributed by atoms with Crippen molar-refractivity contribution in [3.05, 3.63) is 228 Å². The Balaban J connectivity index is 0.000000205. The number of urea groups is 1. The van der Waals surface area contributed by atoms with E-state index >= 15 is 0 Å². The summed E-state index contributed by atoms with van der Waals surface area (Å²) in [7, 11) is 0. The molecular weight excluding hydrogens is 1480 g/mol. The number of halogens is 7. The van der Waals surface area contributed by atoms with Crippen LogP contribution >= 0.6 is 62.3 Å². The Morgan fingerprint density at radius 1 is 0.590 bits per heavy atom. The van der Waals surface area contributed by atoms with Crippen LogP contribution in [0.5, 0.6) is 0 Å². The molecule has 3 fully saturated rings. The topological polar surface area (TPSA) is 239 Å². The summed E-state index contributed by atoms with van der Waals surface area (Å²) in [5.41, 5.74) is 16.9. The number of amides is 2. The number of nitrogens with one attached hydrogen (secondary N) is 2. The van der Waals surface area contributed by atoms with Crippen LogP contribution < -0.4 is 16.4 Å². The van der Waals surface area contributed by atoms with Gasteiger partial charge in [0.05, 0.1) is 73.6 Å². The summed E-state index contributed by atoms with van der Waals surface area (Å²) in [5, 5.41) is 42.0. The van der Waals surface area contributed by atoms with Crippen LogP contribution in [0.4, 0.5) is 25.0 Å². The third kappa shape index (κ3) is 31.2. The number of aliphatic imine (C=N–C) groups is 1. The number of hydrogen-bond donors (Lipinski definition) is 3. The van der Waals surface area contributed by atoms with Gasteiger partial charge in [0.15, 0.2) is 11.6 Å². The summed E-state index contributed by atoms with van der Waals surface area (Å²) < 4.78 is 26.9. The molecule has 0 bridgehead atoms. The number of allylic oxidation sites excluding steroid dienone is 6. The molecule has 0 spiro atoms. The van der Waals surface area contributed by atoms with Crippen molar-refractivity contribution in [2.45, 2.75) is 109 Å². The van der Waals surface area contributed by atoms with Gasteiger partial charge in [-0.15, -0.1) is 23.2 Å². The van der Waals surface area contributed by atoms with Gasteiger partial charge >= 0.3 is 6.03 Å². The van der Waals surface area contributed by atoms with Gasteiger partial charge in [-0.2, -0.15) is 26.0 Å². The second kappa shape index (κ2) is 47.9. The Hall–Kier alpha value is -8.47. The van der Waals surface area contributed by atoms with Crippen LogP contribution in [0.3, 0.4) is 0 Å². The molecule has 0 radical (unpaired) electrons. The number of benzene rings is 6. The standard InChI is InChI=1S/C25H26ClFN4O.C18H23N3.C12H9NO.C7H4BrN.C7H3ClFNO.C6H14N2.C6H8O.CH2Cl2/c26-23-16-21(7-9-24(23)27)29-25(32)31(13-12-30-10-1-2-11-30)22-8-6-20(15-22)19-5-3-4-18(14-19)17-28;19-14-15-4-3-5-16(12-15)17-6-7-18(13-17)20-8-11-21-9-1-2-10-21;13-8-9-2-1-3-10(6-9)11-4-5-12(14)7-11;8-7-3-1-2-6(4-7)5-9;8-6-3-5(10-4-11)1-2-7(6)9;7-3-6-8-4-1-2-5-8;1-5-2-3-6(7)4-5;2-1-3/h3-5,7,9,14-16,22H,1-2,6,8,10-13H2,(H,29,32);3-5,12-13,18,20H,1-2,6-11H2;1-3,6-7H,4-5H2;1-4H;1-3H;1-7H2;4H,2-3H2,1H3;1H2. The van der Waals surface area contributed by atoms with Crippen LogP contribution in [0.25, 0.3) is 16.7 Å². The van der Waals surface area contributed by atoms with Crippen LogP contribution in [0.2, 0.25) is 10.0 Å². The first-order valence-electron chi connectivity index (χ1n) is 35.2. The zero-order valence-electron chi connectivity index (χ0n) is 59.1. The number of hydrogen-bond acceptors (Lipinski definition) is 14. The number of carbonyl (C=O) groups excluding carboxylic acids is 4. The van der Waals surface area contributed by atoms with Gasteiger partial charge in [0.25, 0.3) is 0 Å². The van der Waals surface area contributed by atoms with E-state index in [0.29, 0.717) is 47.1 Å². The third-order valence-corrected chi connectivity index (χ3v) is 18.9. The number of rotatable bonds is 15. The van der Waals surface area contributed by atoms with Crippen LogP contribution in [0.1, 0.15) is 136 Å². The molecule has 4 aliphatic carbocycles. The van der Waals surface area contributed by atoms with Gasteiger partial charge in [-0.1, -0.05) is 99.3 Å². The minimum atomic E-state index is -0.531. The predicted octanol–water partition coefficient (Wildman–Crippen LogP) is 18.1. The minimum absolute atomic E-state index is 0.0214. The molecule has 13 rings (SSSR count). The first-order chi connectivity index (χ1) is 50.9. The van der Waals surface area contributed by atoms with Crippen molar-refractivity contribution in [3.63, 3.8) is 0 Å². The Labute approximate surface area is 645 Å². The maximum atomic E-state index is 13.5. The van der Waals surface area contributed by atoms with Crippen LogP contribution in [-0.2, 0) is 14.4 Å². The van der Waals surface area contributed by atoms with Crippen LogP contribution in [-0.4, -0.2) is 139 Å². The molecule has 16 nitrogen and oxygen atoms in total. The summed E-state index contributed by atoms with van der Waals surface area (Å²) in [6.07, 6.45) is 24.2. The molecule has 0 saturated carbocycles. The molecular formula is C82H89BrCl4F2N12O4. The number of alkyl halides is 2. The van der Waals surface area contributed by atoms with Gasteiger partial charge in [-0.3, -0.25) is 9.59 Å². The lowest BCUT2D eigenvalue weighted by Crippen LogP contribution is -2.45. The lowest BCUT2D eigenvalue weighted by molar-refractivity contribution is -0.114.